The molecule has 0 amide bonds. The van der Waals surface area contributed by atoms with Gasteiger partial charge in [0.05, 0.1) is 4.92 Å². The van der Waals surface area contributed by atoms with Gasteiger partial charge in [0.25, 0.3) is 5.69 Å². The predicted octanol–water partition coefficient (Wildman–Crippen LogP) is 5.66. The van der Waals surface area contributed by atoms with E-state index in [1.807, 2.05) is 18.2 Å². The Balaban J connectivity index is 2.43. The molecule has 0 spiro atoms. The van der Waals surface area contributed by atoms with Crippen LogP contribution in [-0.2, 0) is 5.33 Å². The zero-order valence-corrected chi connectivity index (χ0v) is 14.7. The van der Waals surface area contributed by atoms with Gasteiger partial charge in [-0.25, -0.2) is 0 Å². The number of alkyl halides is 1. The number of aryl methyl sites for hydroxylation is 2. The summed E-state index contributed by atoms with van der Waals surface area (Å²) in [5.74, 6) is 1.34. The minimum absolute atomic E-state index is 0.106. The zero-order valence-electron chi connectivity index (χ0n) is 11.5. The molecular weight excluding hydrogens is 402 g/mol. The van der Waals surface area contributed by atoms with Crippen LogP contribution in [0.5, 0.6) is 11.5 Å². The van der Waals surface area contributed by atoms with Crippen LogP contribution in [0, 0.1) is 24.0 Å². The summed E-state index contributed by atoms with van der Waals surface area (Å²) in [6.45, 7) is 3.50. The Morgan fingerprint density at radius 3 is 2.48 bits per heavy atom. The standard InChI is InChI=1S/C15H13Br2NO3/c1-9-6-14(10(2)5-13(9)18(19)20)21-15-7-12(17)4-3-11(15)8-16/h3-7H,8H2,1-2H3. The van der Waals surface area contributed by atoms with E-state index in [2.05, 4.69) is 31.9 Å². The third-order valence-corrected chi connectivity index (χ3v) is 4.18. The second-order valence-corrected chi connectivity index (χ2v) is 6.13. The van der Waals surface area contributed by atoms with Crippen molar-refractivity contribution in [2.24, 2.45) is 0 Å². The van der Waals surface area contributed by atoms with Gasteiger partial charge in [0.1, 0.15) is 11.5 Å². The summed E-state index contributed by atoms with van der Waals surface area (Å²) in [4.78, 5) is 10.6. The number of nitro benzene ring substituents is 1. The van der Waals surface area contributed by atoms with Gasteiger partial charge in [0.15, 0.2) is 0 Å². The molecule has 0 bridgehead atoms. The van der Waals surface area contributed by atoms with E-state index in [9.17, 15) is 10.1 Å². The summed E-state index contributed by atoms with van der Waals surface area (Å²) < 4.78 is 6.86. The lowest BCUT2D eigenvalue weighted by molar-refractivity contribution is -0.385. The van der Waals surface area contributed by atoms with E-state index in [0.29, 0.717) is 16.6 Å². The zero-order chi connectivity index (χ0) is 15.6. The highest BCUT2D eigenvalue weighted by molar-refractivity contribution is 9.10. The Bertz CT molecular complexity index is 702. The molecule has 0 aromatic heterocycles. The monoisotopic (exact) mass is 413 g/mol. The van der Waals surface area contributed by atoms with Gasteiger partial charge in [-0.15, -0.1) is 0 Å². The molecule has 4 nitrogen and oxygen atoms in total. The van der Waals surface area contributed by atoms with Crippen molar-refractivity contribution < 1.29 is 9.66 Å². The summed E-state index contributed by atoms with van der Waals surface area (Å²) in [5.41, 5.74) is 2.42. The van der Waals surface area contributed by atoms with E-state index < -0.39 is 0 Å². The van der Waals surface area contributed by atoms with Crippen molar-refractivity contribution in [3.63, 3.8) is 0 Å². The van der Waals surface area contributed by atoms with Crippen LogP contribution < -0.4 is 4.74 Å². The van der Waals surface area contributed by atoms with Gasteiger partial charge < -0.3 is 4.74 Å². The number of ether oxygens (including phenoxy) is 1. The highest BCUT2D eigenvalue weighted by Gasteiger charge is 2.15. The van der Waals surface area contributed by atoms with E-state index >= 15 is 0 Å². The molecule has 0 aliphatic rings. The SMILES string of the molecule is Cc1cc([N+](=O)[O-])c(C)cc1Oc1cc(Br)ccc1CBr. The van der Waals surface area contributed by atoms with Crippen molar-refractivity contribution in [2.75, 3.05) is 0 Å². The molecule has 0 saturated heterocycles. The molecule has 0 heterocycles. The number of hydrogen-bond acceptors (Lipinski definition) is 3. The van der Waals surface area contributed by atoms with Crippen LogP contribution >= 0.6 is 31.9 Å². The number of benzene rings is 2. The van der Waals surface area contributed by atoms with Crippen molar-refractivity contribution in [3.8, 4) is 11.5 Å². The van der Waals surface area contributed by atoms with E-state index in [-0.39, 0.29) is 10.6 Å². The third-order valence-electron chi connectivity index (χ3n) is 3.08. The van der Waals surface area contributed by atoms with Gasteiger partial charge in [-0.05, 0) is 37.6 Å². The molecule has 21 heavy (non-hydrogen) atoms. The molecule has 110 valence electrons. The van der Waals surface area contributed by atoms with Gasteiger partial charge in [-0.2, -0.15) is 0 Å². The maximum Gasteiger partial charge on any atom is 0.272 e. The molecule has 0 aliphatic carbocycles. The lowest BCUT2D eigenvalue weighted by Gasteiger charge is -2.13. The Morgan fingerprint density at radius 2 is 1.86 bits per heavy atom. The average molecular weight is 415 g/mol. The quantitative estimate of drug-likeness (QED) is 0.368. The van der Waals surface area contributed by atoms with Gasteiger partial charge in [-0.3, -0.25) is 10.1 Å². The molecule has 2 aromatic rings. The lowest BCUT2D eigenvalue weighted by Crippen LogP contribution is -1.96. The average Bonchev–Trinajstić information content (AvgIpc) is 2.42. The second kappa shape index (κ2) is 6.58. The number of nitrogens with zero attached hydrogens (tertiary/aromatic N) is 1. The number of nitro groups is 1. The normalized spacial score (nSPS) is 10.5. The van der Waals surface area contributed by atoms with Crippen molar-refractivity contribution in [3.05, 3.63) is 61.6 Å². The van der Waals surface area contributed by atoms with E-state index in [1.165, 1.54) is 6.07 Å². The minimum atomic E-state index is -0.380. The first-order valence-electron chi connectivity index (χ1n) is 6.20. The van der Waals surface area contributed by atoms with E-state index in [0.717, 1.165) is 21.3 Å². The maximum atomic E-state index is 10.9. The predicted molar refractivity (Wildman–Crippen MR) is 89.4 cm³/mol. The molecule has 2 aromatic carbocycles. The van der Waals surface area contributed by atoms with Crippen LogP contribution in [0.1, 0.15) is 16.7 Å². The first-order valence-corrected chi connectivity index (χ1v) is 8.11. The lowest BCUT2D eigenvalue weighted by atomic mass is 10.1. The largest absolute Gasteiger partial charge is 0.457 e. The number of hydrogen-bond donors (Lipinski definition) is 0. The summed E-state index contributed by atoms with van der Waals surface area (Å²) in [6, 6.07) is 9.02. The van der Waals surface area contributed by atoms with E-state index in [1.54, 1.807) is 19.9 Å². The van der Waals surface area contributed by atoms with Crippen molar-refractivity contribution in [2.45, 2.75) is 19.2 Å². The summed E-state index contributed by atoms with van der Waals surface area (Å²) in [5, 5.41) is 11.6. The Morgan fingerprint density at radius 1 is 1.14 bits per heavy atom. The number of rotatable bonds is 4. The fourth-order valence-corrected chi connectivity index (χ4v) is 2.74. The summed E-state index contributed by atoms with van der Waals surface area (Å²) >= 11 is 6.84. The second-order valence-electron chi connectivity index (χ2n) is 4.65. The van der Waals surface area contributed by atoms with Gasteiger partial charge in [0, 0.05) is 27.0 Å². The van der Waals surface area contributed by atoms with Gasteiger partial charge in [-0.1, -0.05) is 37.9 Å². The molecular formula is C15H13Br2NO3. The van der Waals surface area contributed by atoms with E-state index in [4.69, 9.17) is 4.74 Å². The molecule has 0 saturated carbocycles. The van der Waals surface area contributed by atoms with Crippen molar-refractivity contribution in [1.29, 1.82) is 0 Å². The summed E-state index contributed by atoms with van der Waals surface area (Å²) in [7, 11) is 0. The maximum absolute atomic E-state index is 10.9. The number of halogens is 2. The fourth-order valence-electron chi connectivity index (χ4n) is 1.93. The van der Waals surface area contributed by atoms with Crippen LogP contribution in [0.15, 0.2) is 34.8 Å². The molecule has 0 unspecified atom stereocenters. The Kier molecular flexibility index (Phi) is 5.00. The first kappa shape index (κ1) is 16.0. The van der Waals surface area contributed by atoms with Crippen LogP contribution in [0.3, 0.4) is 0 Å². The van der Waals surface area contributed by atoms with Crippen LogP contribution in [0.25, 0.3) is 0 Å². The molecule has 0 aliphatic heterocycles. The highest BCUT2D eigenvalue weighted by Crippen LogP contribution is 2.34. The first-order chi connectivity index (χ1) is 9.92. The highest BCUT2D eigenvalue weighted by atomic mass is 79.9. The van der Waals surface area contributed by atoms with Gasteiger partial charge in [0.2, 0.25) is 0 Å². The fraction of sp³-hybridized carbons (Fsp3) is 0.200. The molecule has 2 rings (SSSR count). The Labute approximate surface area is 139 Å². The van der Waals surface area contributed by atoms with Crippen molar-refractivity contribution >= 4 is 37.5 Å². The molecule has 0 N–H and O–H groups in total. The molecule has 0 atom stereocenters. The topological polar surface area (TPSA) is 52.4 Å². The smallest absolute Gasteiger partial charge is 0.272 e. The van der Waals surface area contributed by atoms with Crippen LogP contribution in [0.4, 0.5) is 5.69 Å². The molecule has 0 radical (unpaired) electrons. The van der Waals surface area contributed by atoms with Crippen LogP contribution in [-0.4, -0.2) is 4.92 Å². The minimum Gasteiger partial charge on any atom is -0.457 e. The third kappa shape index (κ3) is 3.63. The molecule has 6 heteroatoms. The van der Waals surface area contributed by atoms with Crippen molar-refractivity contribution in [1.82, 2.24) is 0 Å². The molecule has 0 fully saturated rings. The summed E-state index contributed by atoms with van der Waals surface area (Å²) in [6.07, 6.45) is 0. The Hall–Kier alpha value is -1.40. The van der Waals surface area contributed by atoms with Crippen LogP contribution in [0.2, 0.25) is 0 Å². The van der Waals surface area contributed by atoms with Gasteiger partial charge >= 0.3 is 0 Å².